The van der Waals surface area contributed by atoms with Crippen LogP contribution in [-0.4, -0.2) is 51.2 Å². The minimum Gasteiger partial charge on any atom is -0.342 e. The van der Waals surface area contributed by atoms with E-state index in [1.165, 1.54) is 29.0 Å². The molecule has 0 saturated carbocycles. The summed E-state index contributed by atoms with van der Waals surface area (Å²) < 4.78 is 17.0. The van der Waals surface area contributed by atoms with Crippen LogP contribution in [0, 0.1) is 17.2 Å². The summed E-state index contributed by atoms with van der Waals surface area (Å²) in [6.45, 7) is 10.2. The van der Waals surface area contributed by atoms with Gasteiger partial charge in [-0.15, -0.1) is 0 Å². The number of imidazole rings is 1. The van der Waals surface area contributed by atoms with Crippen molar-refractivity contribution in [1.29, 1.82) is 0 Å². The van der Waals surface area contributed by atoms with Crippen LogP contribution in [0.5, 0.6) is 0 Å². The van der Waals surface area contributed by atoms with Gasteiger partial charge in [-0.1, -0.05) is 58.4 Å². The molecule has 222 valence electrons. The van der Waals surface area contributed by atoms with Crippen molar-refractivity contribution >= 4 is 28.8 Å². The van der Waals surface area contributed by atoms with Gasteiger partial charge in [0, 0.05) is 43.9 Å². The largest absolute Gasteiger partial charge is 0.342 e. The molecule has 5 rings (SSSR count). The zero-order chi connectivity index (χ0) is 30.0. The fourth-order valence-electron chi connectivity index (χ4n) is 6.09. The van der Waals surface area contributed by atoms with Gasteiger partial charge in [0.25, 0.3) is 5.56 Å². The second kappa shape index (κ2) is 12.1. The number of aromatic nitrogens is 4. The number of nitrogens with zero attached hydrogens (tertiary/aromatic N) is 6. The predicted molar refractivity (Wildman–Crippen MR) is 166 cm³/mol. The second-order valence-corrected chi connectivity index (χ2v) is 12.3. The molecule has 1 unspecified atom stereocenters. The Kier molecular flexibility index (Phi) is 8.48. The van der Waals surface area contributed by atoms with Crippen LogP contribution in [0.3, 0.4) is 0 Å². The molecule has 0 radical (unpaired) electrons. The molecule has 0 N–H and O–H groups in total. The lowest BCUT2D eigenvalue weighted by atomic mass is 9.81. The number of para-hydroxylation sites is 2. The van der Waals surface area contributed by atoms with E-state index < -0.39 is 5.41 Å². The molecule has 2 aromatic heterocycles. The zero-order valence-electron chi connectivity index (χ0n) is 25.3. The first-order valence-corrected chi connectivity index (χ1v) is 14.9. The molecule has 0 amide bonds. The van der Waals surface area contributed by atoms with E-state index in [9.17, 15) is 14.0 Å². The Morgan fingerprint density at radius 3 is 2.48 bits per heavy atom. The Morgan fingerprint density at radius 1 is 1.10 bits per heavy atom. The minimum atomic E-state index is -0.690. The van der Waals surface area contributed by atoms with Crippen LogP contribution in [0.1, 0.15) is 63.7 Å². The molecule has 1 aliphatic rings. The Labute approximate surface area is 246 Å². The minimum absolute atomic E-state index is 0.0993. The third kappa shape index (κ3) is 5.96. The summed E-state index contributed by atoms with van der Waals surface area (Å²) >= 11 is 0. The molecule has 0 aliphatic carbocycles. The summed E-state index contributed by atoms with van der Waals surface area (Å²) in [5, 5.41) is 0. The first kappa shape index (κ1) is 29.5. The van der Waals surface area contributed by atoms with E-state index in [4.69, 9.17) is 4.98 Å². The highest BCUT2D eigenvalue weighted by molar-refractivity contribution is 5.86. The number of benzene rings is 2. The summed E-state index contributed by atoms with van der Waals surface area (Å²) in [6.07, 6.45) is 4.79. The first-order valence-electron chi connectivity index (χ1n) is 14.9. The monoisotopic (exact) mass is 572 g/mol. The van der Waals surface area contributed by atoms with Crippen molar-refractivity contribution in [3.63, 3.8) is 0 Å². The molecular weight excluding hydrogens is 531 g/mol. The fraction of sp³-hybridized carbons (Fsp3) is 0.455. The summed E-state index contributed by atoms with van der Waals surface area (Å²) in [5.74, 6) is 1.19. The standard InChI is InChI=1S/C33H41FN6O2/c1-6-23(2)21-33(3,4)30(42)40-29(41)15-18-35-31(40)37(5)26-16-19-38(20-17-26)32-36-27-9-7-8-10-28(27)39(32)22-24-11-13-25(34)14-12-24/h7-15,18,23,26H,6,16-17,19-22H2,1-5H3. The number of hydrogen-bond acceptors (Lipinski definition) is 6. The third-order valence-electron chi connectivity index (χ3n) is 8.66. The van der Waals surface area contributed by atoms with Crippen molar-refractivity contribution in [3.8, 4) is 0 Å². The lowest BCUT2D eigenvalue weighted by molar-refractivity contribution is 0.0704. The van der Waals surface area contributed by atoms with Crippen LogP contribution < -0.4 is 15.4 Å². The van der Waals surface area contributed by atoms with Gasteiger partial charge in [-0.25, -0.2) is 18.9 Å². The van der Waals surface area contributed by atoms with Crippen LogP contribution in [0.4, 0.5) is 16.3 Å². The second-order valence-electron chi connectivity index (χ2n) is 12.3. The van der Waals surface area contributed by atoms with Gasteiger partial charge in [-0.05, 0) is 55.0 Å². The van der Waals surface area contributed by atoms with Gasteiger partial charge in [0.2, 0.25) is 17.8 Å². The van der Waals surface area contributed by atoms with Crippen LogP contribution in [0.25, 0.3) is 11.0 Å². The van der Waals surface area contributed by atoms with Crippen molar-refractivity contribution in [1.82, 2.24) is 19.1 Å². The number of halogens is 1. The van der Waals surface area contributed by atoms with Crippen molar-refractivity contribution in [3.05, 3.63) is 82.5 Å². The molecule has 2 aromatic carbocycles. The molecule has 0 bridgehead atoms. The number of anilines is 2. The summed E-state index contributed by atoms with van der Waals surface area (Å²) in [6, 6.07) is 16.1. The number of carbonyl (C=O) groups is 1. The van der Waals surface area contributed by atoms with Crippen LogP contribution in [0.2, 0.25) is 0 Å². The summed E-state index contributed by atoms with van der Waals surface area (Å²) in [7, 11) is 1.93. The summed E-state index contributed by atoms with van der Waals surface area (Å²) in [4.78, 5) is 40.6. The van der Waals surface area contributed by atoms with Gasteiger partial charge in [-0.2, -0.15) is 0 Å². The highest BCUT2D eigenvalue weighted by atomic mass is 19.1. The number of piperidine rings is 1. The van der Waals surface area contributed by atoms with E-state index in [0.29, 0.717) is 24.8 Å². The molecule has 8 nitrogen and oxygen atoms in total. The van der Waals surface area contributed by atoms with E-state index in [-0.39, 0.29) is 23.3 Å². The lowest BCUT2D eigenvalue weighted by Gasteiger charge is -2.38. The molecule has 1 saturated heterocycles. The van der Waals surface area contributed by atoms with Crippen LogP contribution in [0.15, 0.2) is 65.6 Å². The number of fused-ring (bicyclic) bond motifs is 1. The highest BCUT2D eigenvalue weighted by Crippen LogP contribution is 2.31. The van der Waals surface area contributed by atoms with Gasteiger partial charge in [0.1, 0.15) is 5.82 Å². The van der Waals surface area contributed by atoms with Crippen molar-refractivity contribution in [2.75, 3.05) is 29.9 Å². The molecule has 0 spiro atoms. The van der Waals surface area contributed by atoms with Crippen molar-refractivity contribution < 1.29 is 9.18 Å². The molecule has 9 heteroatoms. The average Bonchev–Trinajstić information content (AvgIpc) is 3.35. The van der Waals surface area contributed by atoms with Gasteiger partial charge >= 0.3 is 0 Å². The molecule has 1 fully saturated rings. The molecule has 3 heterocycles. The highest BCUT2D eigenvalue weighted by Gasteiger charge is 2.35. The molecule has 1 aliphatic heterocycles. The summed E-state index contributed by atoms with van der Waals surface area (Å²) in [5.41, 5.74) is 1.92. The lowest BCUT2D eigenvalue weighted by Crippen LogP contribution is -2.47. The van der Waals surface area contributed by atoms with Crippen molar-refractivity contribution in [2.24, 2.45) is 11.3 Å². The SMILES string of the molecule is CCC(C)CC(C)(C)C(=O)n1c(N(C)C2CCN(c3nc4ccccc4n3Cc3ccc(F)cc3)CC2)nccc1=O. The average molecular weight is 573 g/mol. The Bertz CT molecular complexity index is 1600. The third-order valence-corrected chi connectivity index (χ3v) is 8.66. The normalized spacial score (nSPS) is 15.2. The maximum absolute atomic E-state index is 13.7. The quantitative estimate of drug-likeness (QED) is 0.245. The van der Waals surface area contributed by atoms with E-state index in [1.54, 1.807) is 0 Å². The number of rotatable bonds is 9. The Balaban J connectivity index is 1.37. The van der Waals surface area contributed by atoms with Crippen LogP contribution in [-0.2, 0) is 6.54 Å². The Hall–Kier alpha value is -4.01. The van der Waals surface area contributed by atoms with Gasteiger partial charge in [0.05, 0.1) is 17.6 Å². The zero-order valence-corrected chi connectivity index (χ0v) is 25.3. The van der Waals surface area contributed by atoms with E-state index >= 15 is 0 Å². The van der Waals surface area contributed by atoms with Gasteiger partial charge in [-0.3, -0.25) is 9.59 Å². The topological polar surface area (TPSA) is 76.3 Å². The maximum Gasteiger partial charge on any atom is 0.261 e. The van der Waals surface area contributed by atoms with E-state index in [1.807, 2.05) is 56.1 Å². The number of carbonyl (C=O) groups excluding carboxylic acids is 1. The van der Waals surface area contributed by atoms with Gasteiger partial charge < -0.3 is 14.4 Å². The van der Waals surface area contributed by atoms with Crippen molar-refractivity contribution in [2.45, 2.75) is 66.0 Å². The van der Waals surface area contributed by atoms with E-state index in [0.717, 1.165) is 54.9 Å². The maximum atomic E-state index is 13.7. The Morgan fingerprint density at radius 2 is 1.79 bits per heavy atom. The smallest absolute Gasteiger partial charge is 0.261 e. The first-order chi connectivity index (χ1) is 20.1. The van der Waals surface area contributed by atoms with Crippen LogP contribution >= 0.6 is 0 Å². The molecule has 4 aromatic rings. The molecule has 1 atom stereocenters. The van der Waals surface area contributed by atoms with E-state index in [2.05, 4.69) is 34.4 Å². The fourth-order valence-corrected chi connectivity index (χ4v) is 6.09. The molecular formula is C33H41FN6O2. The van der Waals surface area contributed by atoms with Gasteiger partial charge in [0.15, 0.2) is 0 Å². The number of hydrogen-bond donors (Lipinski definition) is 0. The predicted octanol–water partition coefficient (Wildman–Crippen LogP) is 5.99. The molecule has 42 heavy (non-hydrogen) atoms.